The van der Waals surface area contributed by atoms with Crippen LogP contribution < -0.4 is 16.0 Å². The normalized spacial score (nSPS) is 22.6. The quantitative estimate of drug-likeness (QED) is 0.886. The van der Waals surface area contributed by atoms with E-state index in [9.17, 15) is 9.18 Å². The summed E-state index contributed by atoms with van der Waals surface area (Å²) in [5.74, 6) is -0.384. The summed E-state index contributed by atoms with van der Waals surface area (Å²) in [6.45, 7) is 3.26. The Balaban J connectivity index is 1.50. The lowest BCUT2D eigenvalue weighted by atomic mass is 10.0. The molecule has 23 heavy (non-hydrogen) atoms. The smallest absolute Gasteiger partial charge is 0.314 e. The molecule has 0 aromatic heterocycles. The molecule has 1 unspecified atom stereocenters. The number of hydrogen-bond acceptors (Lipinski definition) is 3. The van der Waals surface area contributed by atoms with Crippen molar-refractivity contribution in [3.05, 3.63) is 29.0 Å². The number of piperidine rings is 1. The van der Waals surface area contributed by atoms with Crippen molar-refractivity contribution in [3.8, 4) is 0 Å². The number of urea groups is 1. The minimum absolute atomic E-state index is 0.165. The first kappa shape index (κ1) is 16.3. The summed E-state index contributed by atoms with van der Waals surface area (Å²) >= 11 is 5.86. The Hall–Kier alpha value is -1.53. The van der Waals surface area contributed by atoms with Gasteiger partial charge in [-0.2, -0.15) is 0 Å². The molecule has 2 heterocycles. The molecule has 3 rings (SSSR count). The van der Waals surface area contributed by atoms with Crippen LogP contribution in [0.2, 0.25) is 5.02 Å². The topological polar surface area (TPSA) is 61.6 Å². The second-order valence-electron chi connectivity index (χ2n) is 6.30. The van der Waals surface area contributed by atoms with Crippen molar-refractivity contribution in [2.75, 3.05) is 31.1 Å². The van der Waals surface area contributed by atoms with E-state index in [4.69, 9.17) is 17.3 Å². The van der Waals surface area contributed by atoms with Crippen molar-refractivity contribution in [2.45, 2.75) is 31.3 Å². The first-order chi connectivity index (χ1) is 11.0. The molecular formula is C16H22ClFN4O. The van der Waals surface area contributed by atoms with Crippen LogP contribution in [-0.4, -0.2) is 49.2 Å². The van der Waals surface area contributed by atoms with Gasteiger partial charge >= 0.3 is 6.03 Å². The van der Waals surface area contributed by atoms with Crippen LogP contribution in [0.25, 0.3) is 0 Å². The molecule has 126 valence electrons. The fourth-order valence-electron chi connectivity index (χ4n) is 3.41. The first-order valence-corrected chi connectivity index (χ1v) is 8.41. The molecule has 1 aromatic rings. The SMILES string of the molecule is NC(=O)N1CCC(NC2CCN(c3ccc(F)c(Cl)c3)C2)CC1. The number of amides is 2. The Labute approximate surface area is 140 Å². The van der Waals surface area contributed by atoms with Gasteiger partial charge in [0.2, 0.25) is 0 Å². The van der Waals surface area contributed by atoms with Crippen LogP contribution in [0.4, 0.5) is 14.9 Å². The zero-order chi connectivity index (χ0) is 16.4. The third-order valence-electron chi connectivity index (χ3n) is 4.73. The molecule has 2 amide bonds. The molecule has 0 bridgehead atoms. The van der Waals surface area contributed by atoms with Crippen molar-refractivity contribution >= 4 is 23.3 Å². The van der Waals surface area contributed by atoms with Gasteiger partial charge in [0.1, 0.15) is 5.82 Å². The molecule has 0 saturated carbocycles. The van der Waals surface area contributed by atoms with Crippen LogP contribution in [0.5, 0.6) is 0 Å². The standard InChI is InChI=1S/C16H22ClFN4O/c17-14-9-13(1-2-15(14)18)22-8-5-12(10-22)20-11-3-6-21(7-4-11)16(19)23/h1-2,9,11-12,20H,3-8,10H2,(H2,19,23). The molecule has 0 aliphatic carbocycles. The number of nitrogens with zero attached hydrogens (tertiary/aromatic N) is 2. The summed E-state index contributed by atoms with van der Waals surface area (Å²) in [6.07, 6.45) is 2.91. The second kappa shape index (κ2) is 6.93. The molecule has 2 aliphatic rings. The first-order valence-electron chi connectivity index (χ1n) is 8.03. The highest BCUT2D eigenvalue weighted by molar-refractivity contribution is 6.31. The summed E-state index contributed by atoms with van der Waals surface area (Å²) < 4.78 is 13.3. The zero-order valence-electron chi connectivity index (χ0n) is 13.0. The van der Waals surface area contributed by atoms with E-state index in [1.807, 2.05) is 0 Å². The van der Waals surface area contributed by atoms with Gasteiger partial charge in [-0.25, -0.2) is 9.18 Å². The monoisotopic (exact) mass is 340 g/mol. The molecule has 1 aromatic carbocycles. The molecule has 1 atom stereocenters. The van der Waals surface area contributed by atoms with Gasteiger partial charge in [0.15, 0.2) is 0 Å². The number of nitrogens with two attached hydrogens (primary N) is 1. The van der Waals surface area contributed by atoms with Gasteiger partial charge in [0.25, 0.3) is 0 Å². The lowest BCUT2D eigenvalue weighted by molar-refractivity contribution is 0.183. The van der Waals surface area contributed by atoms with Gasteiger partial charge in [0.05, 0.1) is 5.02 Å². The molecule has 0 radical (unpaired) electrons. The summed E-state index contributed by atoms with van der Waals surface area (Å²) in [6, 6.07) is 5.37. The Morgan fingerprint density at radius 2 is 1.91 bits per heavy atom. The molecular weight excluding hydrogens is 319 g/mol. The van der Waals surface area contributed by atoms with Gasteiger partial charge in [-0.15, -0.1) is 0 Å². The number of likely N-dealkylation sites (tertiary alicyclic amines) is 1. The van der Waals surface area contributed by atoms with E-state index in [1.165, 1.54) is 6.07 Å². The Bertz CT molecular complexity index is 577. The molecule has 7 heteroatoms. The van der Waals surface area contributed by atoms with Crippen LogP contribution in [0.15, 0.2) is 18.2 Å². The number of nitrogens with one attached hydrogen (secondary N) is 1. The number of rotatable bonds is 3. The van der Waals surface area contributed by atoms with Gasteiger partial charge in [-0.05, 0) is 37.5 Å². The maximum absolute atomic E-state index is 13.3. The summed E-state index contributed by atoms with van der Waals surface area (Å²) in [5.41, 5.74) is 6.27. The maximum Gasteiger partial charge on any atom is 0.314 e. The number of anilines is 1. The third kappa shape index (κ3) is 3.87. The number of carbonyl (C=O) groups is 1. The highest BCUT2D eigenvalue weighted by Gasteiger charge is 2.27. The summed E-state index contributed by atoms with van der Waals surface area (Å²) in [5, 5.41) is 3.84. The number of benzene rings is 1. The average Bonchev–Trinajstić information content (AvgIpc) is 2.99. The van der Waals surface area contributed by atoms with Crippen molar-refractivity contribution in [3.63, 3.8) is 0 Å². The highest BCUT2D eigenvalue weighted by atomic mass is 35.5. The molecule has 2 aliphatic heterocycles. The molecule has 2 saturated heterocycles. The Kier molecular flexibility index (Phi) is 4.92. The largest absolute Gasteiger partial charge is 0.370 e. The molecule has 5 nitrogen and oxygen atoms in total. The van der Waals surface area contributed by atoms with E-state index in [0.717, 1.165) is 51.1 Å². The fraction of sp³-hybridized carbons (Fsp3) is 0.562. The van der Waals surface area contributed by atoms with Gasteiger partial charge in [0, 0.05) is 44.0 Å². The van der Waals surface area contributed by atoms with Crippen molar-refractivity contribution in [1.82, 2.24) is 10.2 Å². The average molecular weight is 341 g/mol. The molecule has 3 N–H and O–H groups in total. The van der Waals surface area contributed by atoms with Gasteiger partial charge in [-0.3, -0.25) is 0 Å². The van der Waals surface area contributed by atoms with E-state index < -0.39 is 0 Å². The van der Waals surface area contributed by atoms with Crippen LogP contribution in [0.1, 0.15) is 19.3 Å². The van der Waals surface area contributed by atoms with Crippen molar-refractivity contribution < 1.29 is 9.18 Å². The number of hydrogen-bond donors (Lipinski definition) is 2. The van der Waals surface area contributed by atoms with E-state index in [1.54, 1.807) is 17.0 Å². The van der Waals surface area contributed by atoms with Crippen LogP contribution in [0.3, 0.4) is 0 Å². The molecule has 2 fully saturated rings. The van der Waals surface area contributed by atoms with Gasteiger partial charge in [-0.1, -0.05) is 11.6 Å². The minimum Gasteiger partial charge on any atom is -0.370 e. The Morgan fingerprint density at radius 1 is 1.22 bits per heavy atom. The highest BCUT2D eigenvalue weighted by Crippen LogP contribution is 2.26. The lowest BCUT2D eigenvalue weighted by Gasteiger charge is -2.33. The van der Waals surface area contributed by atoms with E-state index >= 15 is 0 Å². The summed E-state index contributed by atoms with van der Waals surface area (Å²) in [7, 11) is 0. The van der Waals surface area contributed by atoms with Crippen LogP contribution in [0, 0.1) is 5.82 Å². The maximum atomic E-state index is 13.3. The van der Waals surface area contributed by atoms with E-state index in [2.05, 4.69) is 10.2 Å². The predicted molar refractivity (Wildman–Crippen MR) is 89.3 cm³/mol. The fourth-order valence-corrected chi connectivity index (χ4v) is 3.59. The number of carbonyl (C=O) groups excluding carboxylic acids is 1. The molecule has 0 spiro atoms. The lowest BCUT2D eigenvalue weighted by Crippen LogP contribution is -2.49. The van der Waals surface area contributed by atoms with E-state index in [-0.39, 0.29) is 16.9 Å². The summed E-state index contributed by atoms with van der Waals surface area (Å²) in [4.78, 5) is 15.1. The van der Waals surface area contributed by atoms with Gasteiger partial charge < -0.3 is 20.9 Å². The predicted octanol–water partition coefficient (Wildman–Crippen LogP) is 2.19. The van der Waals surface area contributed by atoms with Crippen LogP contribution >= 0.6 is 11.6 Å². The van der Waals surface area contributed by atoms with Crippen molar-refractivity contribution in [2.24, 2.45) is 5.73 Å². The van der Waals surface area contributed by atoms with E-state index in [0.29, 0.717) is 12.1 Å². The number of halogens is 2. The zero-order valence-corrected chi connectivity index (χ0v) is 13.7. The minimum atomic E-state index is -0.384. The Morgan fingerprint density at radius 3 is 2.57 bits per heavy atom. The van der Waals surface area contributed by atoms with Crippen LogP contribution in [-0.2, 0) is 0 Å². The third-order valence-corrected chi connectivity index (χ3v) is 5.02. The van der Waals surface area contributed by atoms with Crippen molar-refractivity contribution in [1.29, 1.82) is 0 Å². The second-order valence-corrected chi connectivity index (χ2v) is 6.70. The number of primary amides is 1.